The molecule has 3 aromatic rings. The van der Waals surface area contributed by atoms with E-state index in [2.05, 4.69) is 35.1 Å². The van der Waals surface area contributed by atoms with E-state index < -0.39 is 0 Å². The first-order valence-corrected chi connectivity index (χ1v) is 8.55. The molecule has 1 aliphatic rings. The molecule has 1 atom stereocenters. The number of amides is 1. The molecule has 1 aliphatic heterocycles. The molecule has 8 heteroatoms. The SMILES string of the molecule is O=C(Nc1cnccn1)c1cccc(C2CCCN2Cc2cnc[nH]2)n1. The Kier molecular flexibility index (Phi) is 4.65. The van der Waals surface area contributed by atoms with Crippen molar-refractivity contribution in [1.29, 1.82) is 0 Å². The number of hydrogen-bond acceptors (Lipinski definition) is 6. The summed E-state index contributed by atoms with van der Waals surface area (Å²) in [5.74, 6) is 0.122. The first kappa shape index (κ1) is 16.3. The summed E-state index contributed by atoms with van der Waals surface area (Å²) in [6, 6.07) is 5.77. The molecule has 2 N–H and O–H groups in total. The highest BCUT2D eigenvalue weighted by Gasteiger charge is 2.27. The third-order valence-electron chi connectivity index (χ3n) is 4.44. The van der Waals surface area contributed by atoms with Crippen LogP contribution in [0.4, 0.5) is 5.82 Å². The third kappa shape index (κ3) is 3.60. The van der Waals surface area contributed by atoms with Gasteiger partial charge in [-0.25, -0.2) is 15.0 Å². The molecule has 132 valence electrons. The van der Waals surface area contributed by atoms with Crippen LogP contribution in [0.25, 0.3) is 0 Å². The number of anilines is 1. The number of aromatic nitrogens is 5. The monoisotopic (exact) mass is 349 g/mol. The number of rotatable bonds is 5. The number of hydrogen-bond donors (Lipinski definition) is 2. The van der Waals surface area contributed by atoms with Crippen molar-refractivity contribution in [2.24, 2.45) is 0 Å². The van der Waals surface area contributed by atoms with Gasteiger partial charge in [0.1, 0.15) is 5.69 Å². The van der Waals surface area contributed by atoms with Gasteiger partial charge in [-0.15, -0.1) is 0 Å². The van der Waals surface area contributed by atoms with E-state index in [4.69, 9.17) is 0 Å². The van der Waals surface area contributed by atoms with Crippen molar-refractivity contribution < 1.29 is 4.79 Å². The fourth-order valence-electron chi connectivity index (χ4n) is 3.25. The summed E-state index contributed by atoms with van der Waals surface area (Å²) in [6.07, 6.45) is 10.3. The first-order chi connectivity index (χ1) is 12.8. The maximum Gasteiger partial charge on any atom is 0.275 e. The van der Waals surface area contributed by atoms with Crippen LogP contribution in [0.3, 0.4) is 0 Å². The van der Waals surface area contributed by atoms with Crippen molar-refractivity contribution in [2.75, 3.05) is 11.9 Å². The van der Waals surface area contributed by atoms with E-state index in [1.54, 1.807) is 18.6 Å². The molecule has 26 heavy (non-hydrogen) atoms. The molecule has 1 fully saturated rings. The Morgan fingerprint density at radius 1 is 1.27 bits per heavy atom. The molecular weight excluding hydrogens is 330 g/mol. The van der Waals surface area contributed by atoms with Gasteiger partial charge in [0.05, 0.1) is 24.3 Å². The Labute approximate surface area is 150 Å². The number of aromatic amines is 1. The number of imidazole rings is 1. The van der Waals surface area contributed by atoms with Gasteiger partial charge in [-0.2, -0.15) is 0 Å². The lowest BCUT2D eigenvalue weighted by Crippen LogP contribution is -2.24. The fraction of sp³-hybridized carbons (Fsp3) is 0.278. The molecule has 1 amide bonds. The van der Waals surface area contributed by atoms with E-state index >= 15 is 0 Å². The molecule has 3 aromatic heterocycles. The zero-order valence-corrected chi connectivity index (χ0v) is 14.2. The summed E-state index contributed by atoms with van der Waals surface area (Å²) in [4.78, 5) is 34.6. The molecule has 0 spiro atoms. The molecule has 0 saturated carbocycles. The lowest BCUT2D eigenvalue weighted by Gasteiger charge is -2.23. The van der Waals surface area contributed by atoms with Gasteiger partial charge in [0.25, 0.3) is 5.91 Å². The highest BCUT2D eigenvalue weighted by Crippen LogP contribution is 2.31. The minimum Gasteiger partial charge on any atom is -0.347 e. The highest BCUT2D eigenvalue weighted by molar-refractivity contribution is 6.02. The Morgan fingerprint density at radius 3 is 3.04 bits per heavy atom. The van der Waals surface area contributed by atoms with E-state index in [-0.39, 0.29) is 11.9 Å². The number of pyridine rings is 1. The minimum atomic E-state index is -0.287. The van der Waals surface area contributed by atoms with Gasteiger partial charge in [-0.3, -0.25) is 14.7 Å². The normalized spacial score (nSPS) is 17.3. The first-order valence-electron chi connectivity index (χ1n) is 8.55. The molecule has 0 aromatic carbocycles. The zero-order valence-electron chi connectivity index (χ0n) is 14.2. The lowest BCUT2D eigenvalue weighted by atomic mass is 10.1. The number of carbonyl (C=O) groups is 1. The predicted molar refractivity (Wildman–Crippen MR) is 95.2 cm³/mol. The molecule has 4 heterocycles. The van der Waals surface area contributed by atoms with Crippen molar-refractivity contribution in [3.63, 3.8) is 0 Å². The summed E-state index contributed by atoms with van der Waals surface area (Å²) in [6.45, 7) is 1.80. The van der Waals surface area contributed by atoms with Gasteiger partial charge < -0.3 is 10.3 Å². The third-order valence-corrected chi connectivity index (χ3v) is 4.44. The van der Waals surface area contributed by atoms with Crippen molar-refractivity contribution in [3.05, 3.63) is 66.4 Å². The lowest BCUT2D eigenvalue weighted by molar-refractivity contribution is 0.102. The van der Waals surface area contributed by atoms with Crippen LogP contribution in [0, 0.1) is 0 Å². The van der Waals surface area contributed by atoms with Crippen LogP contribution >= 0.6 is 0 Å². The van der Waals surface area contributed by atoms with Crippen LogP contribution in [-0.2, 0) is 6.54 Å². The molecule has 4 rings (SSSR count). The minimum absolute atomic E-state index is 0.197. The predicted octanol–water partition coefficient (Wildman–Crippen LogP) is 2.18. The van der Waals surface area contributed by atoms with Crippen LogP contribution in [0.2, 0.25) is 0 Å². The standard InChI is InChI=1S/C18H19N7O/c26-18(24-17-10-19-6-7-21-17)15-4-1-3-14(23-15)16-5-2-8-25(16)11-13-9-20-12-22-13/h1,3-4,6-7,9-10,12,16H,2,5,8,11H2,(H,20,22)(H,21,24,26). The Bertz CT molecular complexity index is 866. The van der Waals surface area contributed by atoms with Crippen LogP contribution < -0.4 is 5.32 Å². The van der Waals surface area contributed by atoms with Crippen LogP contribution in [-0.4, -0.2) is 42.3 Å². The quantitative estimate of drug-likeness (QED) is 0.732. The Hall–Kier alpha value is -3.13. The Morgan fingerprint density at radius 2 is 2.23 bits per heavy atom. The average Bonchev–Trinajstić information content (AvgIpc) is 3.35. The van der Waals surface area contributed by atoms with Crippen LogP contribution in [0.15, 0.2) is 49.3 Å². The summed E-state index contributed by atoms with van der Waals surface area (Å²) in [7, 11) is 0. The van der Waals surface area contributed by atoms with Crippen LogP contribution in [0.1, 0.15) is 40.8 Å². The van der Waals surface area contributed by atoms with E-state index in [0.717, 1.165) is 37.3 Å². The van der Waals surface area contributed by atoms with Gasteiger partial charge in [0.15, 0.2) is 5.82 Å². The van der Waals surface area contributed by atoms with E-state index in [0.29, 0.717) is 11.5 Å². The Balaban J connectivity index is 1.50. The van der Waals surface area contributed by atoms with Gasteiger partial charge in [0.2, 0.25) is 0 Å². The second-order valence-electron chi connectivity index (χ2n) is 6.20. The van der Waals surface area contributed by atoms with E-state index in [1.165, 1.54) is 12.4 Å². The van der Waals surface area contributed by atoms with Crippen molar-refractivity contribution in [3.8, 4) is 0 Å². The molecule has 1 saturated heterocycles. The van der Waals surface area contributed by atoms with Crippen molar-refractivity contribution >= 4 is 11.7 Å². The van der Waals surface area contributed by atoms with Crippen LogP contribution in [0.5, 0.6) is 0 Å². The second-order valence-corrected chi connectivity index (χ2v) is 6.20. The number of nitrogens with one attached hydrogen (secondary N) is 2. The number of likely N-dealkylation sites (tertiary alicyclic amines) is 1. The molecule has 0 aliphatic carbocycles. The summed E-state index contributed by atoms with van der Waals surface area (Å²) in [5, 5.41) is 2.72. The summed E-state index contributed by atoms with van der Waals surface area (Å²) in [5.41, 5.74) is 2.36. The fourth-order valence-corrected chi connectivity index (χ4v) is 3.25. The second kappa shape index (κ2) is 7.40. The largest absolute Gasteiger partial charge is 0.347 e. The zero-order chi connectivity index (χ0) is 17.8. The molecule has 0 bridgehead atoms. The van der Waals surface area contributed by atoms with Crippen molar-refractivity contribution in [2.45, 2.75) is 25.4 Å². The van der Waals surface area contributed by atoms with Gasteiger partial charge in [-0.05, 0) is 31.5 Å². The molecule has 0 radical (unpaired) electrons. The van der Waals surface area contributed by atoms with Crippen molar-refractivity contribution in [1.82, 2.24) is 29.8 Å². The maximum atomic E-state index is 12.5. The number of H-pyrrole nitrogens is 1. The average molecular weight is 349 g/mol. The van der Waals surface area contributed by atoms with E-state index in [1.807, 2.05) is 18.3 Å². The van der Waals surface area contributed by atoms with Gasteiger partial charge in [-0.1, -0.05) is 6.07 Å². The molecular formula is C18H19N7O. The molecule has 1 unspecified atom stereocenters. The molecule has 8 nitrogen and oxygen atoms in total. The summed E-state index contributed by atoms with van der Waals surface area (Å²) >= 11 is 0. The number of nitrogens with zero attached hydrogens (tertiary/aromatic N) is 5. The van der Waals surface area contributed by atoms with Gasteiger partial charge in [0, 0.05) is 30.8 Å². The smallest absolute Gasteiger partial charge is 0.275 e. The summed E-state index contributed by atoms with van der Waals surface area (Å²) < 4.78 is 0. The van der Waals surface area contributed by atoms with Gasteiger partial charge >= 0.3 is 0 Å². The topological polar surface area (TPSA) is 99.7 Å². The van der Waals surface area contributed by atoms with E-state index in [9.17, 15) is 4.79 Å². The maximum absolute atomic E-state index is 12.5. The number of carbonyl (C=O) groups excluding carboxylic acids is 1. The highest BCUT2D eigenvalue weighted by atomic mass is 16.1.